The number of allylic oxidation sites excluding steroid dienone is 2. The minimum atomic E-state index is 0.148. The molecule has 0 saturated heterocycles. The number of hydrogen-bond donors (Lipinski definition) is 1. The number of rotatable bonds is 2. The Balaban J connectivity index is -0.000000112. The first-order valence-corrected chi connectivity index (χ1v) is 4.20. The lowest BCUT2D eigenvalue weighted by atomic mass is 10.4. The molecule has 0 radical (unpaired) electrons. The zero-order valence-electron chi connectivity index (χ0n) is 8.93. The molecule has 0 fully saturated rings. The van der Waals surface area contributed by atoms with Crippen molar-refractivity contribution >= 4 is 0 Å². The second kappa shape index (κ2) is 16.6. The van der Waals surface area contributed by atoms with Crippen molar-refractivity contribution in [3.05, 3.63) is 37.5 Å². The van der Waals surface area contributed by atoms with Gasteiger partial charge in [-0.3, -0.25) is 0 Å². The molecule has 12 heavy (non-hydrogen) atoms. The van der Waals surface area contributed by atoms with Crippen molar-refractivity contribution in [2.75, 3.05) is 0 Å². The first-order chi connectivity index (χ1) is 5.54. The number of nitrogens with two attached hydrogens (primary N) is 1. The van der Waals surface area contributed by atoms with Crippen LogP contribution in [0.4, 0.5) is 0 Å². The lowest BCUT2D eigenvalue weighted by Gasteiger charge is -1.85. The van der Waals surface area contributed by atoms with Crippen LogP contribution < -0.4 is 5.73 Å². The van der Waals surface area contributed by atoms with E-state index < -0.39 is 0 Å². The second-order valence-electron chi connectivity index (χ2n) is 2.15. The standard InChI is InChI=1S/C5H8.C4H9N.C2H6/c1-4-5(2)3;1-3-4(2)5;1-2/h4H,1-2H2,3H3;3-4H,1,5H2,2H3;1-2H3. The predicted molar refractivity (Wildman–Crippen MR) is 60.2 cm³/mol. The normalized spacial score (nSPS) is 9.08. The molecule has 1 nitrogen and oxygen atoms in total. The molecule has 72 valence electrons. The zero-order valence-corrected chi connectivity index (χ0v) is 8.93. The highest BCUT2D eigenvalue weighted by Crippen LogP contribution is 1.81. The summed E-state index contributed by atoms with van der Waals surface area (Å²) < 4.78 is 0. The molecule has 1 unspecified atom stereocenters. The summed E-state index contributed by atoms with van der Waals surface area (Å²) in [5.41, 5.74) is 6.19. The minimum Gasteiger partial charge on any atom is -0.325 e. The molecule has 0 amide bonds. The van der Waals surface area contributed by atoms with E-state index in [-0.39, 0.29) is 6.04 Å². The topological polar surface area (TPSA) is 26.0 Å². The minimum absolute atomic E-state index is 0.148. The molecule has 0 rings (SSSR count). The summed E-state index contributed by atoms with van der Waals surface area (Å²) in [6.45, 7) is 18.2. The number of hydrogen-bond acceptors (Lipinski definition) is 1. The molecule has 0 aliphatic rings. The molecule has 0 aliphatic carbocycles. The van der Waals surface area contributed by atoms with Crippen LogP contribution in [0.2, 0.25) is 0 Å². The van der Waals surface area contributed by atoms with E-state index in [1.54, 1.807) is 12.2 Å². The Labute approximate surface area is 77.7 Å². The Morgan fingerprint density at radius 2 is 1.50 bits per heavy atom. The predicted octanol–water partition coefficient (Wildman–Crippen LogP) is 3.29. The van der Waals surface area contributed by atoms with Gasteiger partial charge >= 0.3 is 0 Å². The summed E-state index contributed by atoms with van der Waals surface area (Å²) >= 11 is 0. The third-order valence-corrected chi connectivity index (χ3v) is 0.720. The van der Waals surface area contributed by atoms with E-state index in [1.807, 2.05) is 27.7 Å². The van der Waals surface area contributed by atoms with Crippen LogP contribution in [-0.4, -0.2) is 6.04 Å². The van der Waals surface area contributed by atoms with Gasteiger partial charge in [-0.25, -0.2) is 0 Å². The Morgan fingerprint density at radius 3 is 1.50 bits per heavy atom. The van der Waals surface area contributed by atoms with Gasteiger partial charge < -0.3 is 5.73 Å². The van der Waals surface area contributed by atoms with Crippen molar-refractivity contribution in [3.8, 4) is 0 Å². The van der Waals surface area contributed by atoms with Crippen LogP contribution in [0.1, 0.15) is 27.7 Å². The summed E-state index contributed by atoms with van der Waals surface area (Å²) in [6.07, 6.45) is 3.42. The van der Waals surface area contributed by atoms with Gasteiger partial charge in [0, 0.05) is 6.04 Å². The largest absolute Gasteiger partial charge is 0.325 e. The lowest BCUT2D eigenvalue weighted by molar-refractivity contribution is 0.929. The molecule has 0 aromatic carbocycles. The second-order valence-corrected chi connectivity index (χ2v) is 2.15. The van der Waals surface area contributed by atoms with Crippen molar-refractivity contribution in [3.63, 3.8) is 0 Å². The molecule has 1 atom stereocenters. The Bertz CT molecular complexity index is 112. The maximum Gasteiger partial charge on any atom is 0.0192 e. The average molecular weight is 169 g/mol. The van der Waals surface area contributed by atoms with Crippen LogP contribution in [0.3, 0.4) is 0 Å². The molecule has 0 saturated carbocycles. The molecule has 0 heterocycles. The van der Waals surface area contributed by atoms with Crippen LogP contribution in [-0.2, 0) is 0 Å². The Kier molecular flexibility index (Phi) is 24.0. The van der Waals surface area contributed by atoms with Crippen LogP contribution >= 0.6 is 0 Å². The summed E-state index contributed by atoms with van der Waals surface area (Å²) in [5.74, 6) is 0. The van der Waals surface area contributed by atoms with Crippen molar-refractivity contribution in [2.45, 2.75) is 33.7 Å². The van der Waals surface area contributed by atoms with E-state index in [9.17, 15) is 0 Å². The molecule has 1 heteroatoms. The van der Waals surface area contributed by atoms with Gasteiger partial charge in [0.05, 0.1) is 0 Å². The maximum atomic E-state index is 5.17. The van der Waals surface area contributed by atoms with E-state index in [0.717, 1.165) is 5.57 Å². The van der Waals surface area contributed by atoms with Gasteiger partial charge in [-0.05, 0) is 13.8 Å². The van der Waals surface area contributed by atoms with Gasteiger partial charge in [0.1, 0.15) is 0 Å². The van der Waals surface area contributed by atoms with E-state index in [1.165, 1.54) is 0 Å². The van der Waals surface area contributed by atoms with Crippen molar-refractivity contribution in [2.24, 2.45) is 5.73 Å². The SMILES string of the molecule is C=CC(=C)C.C=CC(C)N.CC. The molecule has 0 aromatic heterocycles. The first-order valence-electron chi connectivity index (χ1n) is 4.20. The molecule has 0 aliphatic heterocycles. The molecular weight excluding hydrogens is 146 g/mol. The van der Waals surface area contributed by atoms with E-state index in [4.69, 9.17) is 5.73 Å². The van der Waals surface area contributed by atoms with Gasteiger partial charge in [-0.1, -0.05) is 44.7 Å². The third-order valence-electron chi connectivity index (χ3n) is 0.720. The Hall–Kier alpha value is -0.820. The smallest absolute Gasteiger partial charge is 0.0192 e. The Morgan fingerprint density at radius 1 is 1.33 bits per heavy atom. The van der Waals surface area contributed by atoms with Gasteiger partial charge in [-0.15, -0.1) is 6.58 Å². The van der Waals surface area contributed by atoms with Crippen LogP contribution in [0, 0.1) is 0 Å². The fourth-order valence-corrected chi connectivity index (χ4v) is 0. The summed E-state index contributed by atoms with van der Waals surface area (Å²) in [5, 5.41) is 0. The molecular formula is C11H23N. The van der Waals surface area contributed by atoms with E-state index in [0.29, 0.717) is 0 Å². The highest BCUT2D eigenvalue weighted by Gasteiger charge is 1.73. The van der Waals surface area contributed by atoms with Gasteiger partial charge in [0.15, 0.2) is 0 Å². The van der Waals surface area contributed by atoms with Gasteiger partial charge in [0.25, 0.3) is 0 Å². The van der Waals surface area contributed by atoms with Crippen LogP contribution in [0.15, 0.2) is 37.5 Å². The fraction of sp³-hybridized carbons (Fsp3) is 0.455. The third kappa shape index (κ3) is 60.7. The highest BCUT2D eigenvalue weighted by molar-refractivity contribution is 5.05. The monoisotopic (exact) mass is 169 g/mol. The molecule has 0 aromatic rings. The van der Waals surface area contributed by atoms with Crippen LogP contribution in [0.25, 0.3) is 0 Å². The van der Waals surface area contributed by atoms with Gasteiger partial charge in [0.2, 0.25) is 0 Å². The van der Waals surface area contributed by atoms with Crippen molar-refractivity contribution in [1.29, 1.82) is 0 Å². The van der Waals surface area contributed by atoms with Crippen LogP contribution in [0.5, 0.6) is 0 Å². The van der Waals surface area contributed by atoms with Crippen molar-refractivity contribution in [1.82, 2.24) is 0 Å². The van der Waals surface area contributed by atoms with E-state index in [2.05, 4.69) is 19.7 Å². The summed E-state index contributed by atoms with van der Waals surface area (Å²) in [4.78, 5) is 0. The van der Waals surface area contributed by atoms with Crippen molar-refractivity contribution < 1.29 is 0 Å². The fourth-order valence-electron chi connectivity index (χ4n) is 0. The molecule has 2 N–H and O–H groups in total. The zero-order chi connectivity index (χ0) is 10.6. The average Bonchev–Trinajstić information content (AvgIpc) is 2.09. The van der Waals surface area contributed by atoms with E-state index >= 15 is 0 Å². The maximum absolute atomic E-state index is 5.17. The summed E-state index contributed by atoms with van der Waals surface area (Å²) in [6, 6.07) is 0.148. The highest BCUT2D eigenvalue weighted by atomic mass is 14.6. The first kappa shape index (κ1) is 17.3. The van der Waals surface area contributed by atoms with Gasteiger partial charge in [-0.2, -0.15) is 0 Å². The lowest BCUT2D eigenvalue weighted by Crippen LogP contribution is -2.09. The molecule has 0 spiro atoms. The summed E-state index contributed by atoms with van der Waals surface area (Å²) in [7, 11) is 0. The molecule has 0 bridgehead atoms. The quantitative estimate of drug-likeness (QED) is 0.498.